The molecule has 0 aliphatic carbocycles. The van der Waals surface area contributed by atoms with Gasteiger partial charge in [0.1, 0.15) is 11.3 Å². The Kier molecular flexibility index (Phi) is 5.45. The summed E-state index contributed by atoms with van der Waals surface area (Å²) in [4.78, 5) is 30.4. The maximum absolute atomic E-state index is 13.1. The van der Waals surface area contributed by atoms with Crippen molar-refractivity contribution >= 4 is 5.91 Å². The van der Waals surface area contributed by atoms with Gasteiger partial charge in [0.05, 0.1) is 0 Å². The topological polar surface area (TPSA) is 73.4 Å². The Labute approximate surface area is 153 Å². The molecule has 0 radical (unpaired) electrons. The quantitative estimate of drug-likeness (QED) is 0.884. The summed E-state index contributed by atoms with van der Waals surface area (Å²) in [5, 5.41) is 9.62. The Morgan fingerprint density at radius 2 is 2.08 bits per heavy atom. The van der Waals surface area contributed by atoms with Crippen LogP contribution < -0.4 is 5.43 Å². The van der Waals surface area contributed by atoms with Crippen LogP contribution in [0.2, 0.25) is 0 Å². The summed E-state index contributed by atoms with van der Waals surface area (Å²) in [6.45, 7) is 4.30. The molecule has 3 rings (SSSR count). The number of phenols is 1. The average Bonchev–Trinajstić information content (AvgIpc) is 2.59. The van der Waals surface area contributed by atoms with Gasteiger partial charge in [-0.15, -0.1) is 0 Å². The summed E-state index contributed by atoms with van der Waals surface area (Å²) in [5.74, 6) is 0.102. The molecule has 138 valence electrons. The van der Waals surface area contributed by atoms with Crippen LogP contribution in [0.1, 0.15) is 53.0 Å². The number of piperidine rings is 1. The minimum Gasteiger partial charge on any atom is -0.508 e. The van der Waals surface area contributed by atoms with Crippen LogP contribution >= 0.6 is 0 Å². The molecule has 1 fully saturated rings. The number of carbonyl (C=O) groups is 1. The standard InChI is InChI=1S/C21H26N2O3/c1-14-12-19(25)20(15(2)22-14)21(26)23-11-4-3-7-17(23)10-9-16-6-5-8-18(24)13-16/h5-6,8,12-13,17,24H,3-4,7,9-11H2,1-2H3,(H,22,25)/t17-/m1/s1. The number of aryl methyl sites for hydroxylation is 3. The third-order valence-corrected chi connectivity index (χ3v) is 5.13. The summed E-state index contributed by atoms with van der Waals surface area (Å²) in [6, 6.07) is 8.87. The molecule has 1 amide bonds. The number of benzene rings is 1. The number of rotatable bonds is 4. The van der Waals surface area contributed by atoms with Crippen molar-refractivity contribution in [1.29, 1.82) is 0 Å². The SMILES string of the molecule is Cc1cc(=O)c(C(=O)N2CCCC[C@@H]2CCc2cccc(O)c2)c(C)[nH]1. The monoisotopic (exact) mass is 354 g/mol. The van der Waals surface area contributed by atoms with E-state index >= 15 is 0 Å². The molecular weight excluding hydrogens is 328 g/mol. The second kappa shape index (κ2) is 7.77. The molecular formula is C21H26N2O3. The van der Waals surface area contributed by atoms with Gasteiger partial charge in [-0.3, -0.25) is 9.59 Å². The van der Waals surface area contributed by atoms with Crippen molar-refractivity contribution in [2.45, 2.75) is 52.0 Å². The molecule has 0 saturated carbocycles. The molecule has 0 unspecified atom stereocenters. The van der Waals surface area contributed by atoms with Gasteiger partial charge in [0.15, 0.2) is 5.43 Å². The van der Waals surface area contributed by atoms with E-state index in [1.54, 1.807) is 19.1 Å². The van der Waals surface area contributed by atoms with Gasteiger partial charge in [-0.25, -0.2) is 0 Å². The normalized spacial score (nSPS) is 17.3. The maximum Gasteiger partial charge on any atom is 0.259 e. The minimum absolute atomic E-state index is 0.124. The number of hydrogen-bond donors (Lipinski definition) is 2. The summed E-state index contributed by atoms with van der Waals surface area (Å²) >= 11 is 0. The molecule has 26 heavy (non-hydrogen) atoms. The van der Waals surface area contributed by atoms with E-state index in [-0.39, 0.29) is 28.7 Å². The fourth-order valence-electron chi connectivity index (χ4n) is 3.87. The van der Waals surface area contributed by atoms with Crippen molar-refractivity contribution in [2.24, 2.45) is 0 Å². The molecule has 1 saturated heterocycles. The first-order valence-corrected chi connectivity index (χ1v) is 9.25. The minimum atomic E-state index is -0.207. The zero-order valence-electron chi connectivity index (χ0n) is 15.4. The lowest BCUT2D eigenvalue weighted by molar-refractivity contribution is 0.0599. The molecule has 2 N–H and O–H groups in total. The van der Waals surface area contributed by atoms with Gasteiger partial charge >= 0.3 is 0 Å². The van der Waals surface area contributed by atoms with Crippen LogP contribution in [0, 0.1) is 13.8 Å². The van der Waals surface area contributed by atoms with Gasteiger partial charge in [0, 0.05) is 30.0 Å². The first kappa shape index (κ1) is 18.2. The van der Waals surface area contributed by atoms with E-state index in [1.165, 1.54) is 6.07 Å². The smallest absolute Gasteiger partial charge is 0.259 e. The molecule has 1 atom stereocenters. The number of nitrogens with zero attached hydrogens (tertiary/aromatic N) is 1. The van der Waals surface area contributed by atoms with Gasteiger partial charge < -0.3 is 15.0 Å². The largest absolute Gasteiger partial charge is 0.508 e. The van der Waals surface area contributed by atoms with Crippen molar-refractivity contribution in [3.8, 4) is 5.75 Å². The van der Waals surface area contributed by atoms with E-state index in [0.717, 1.165) is 43.4 Å². The van der Waals surface area contributed by atoms with Crippen molar-refractivity contribution < 1.29 is 9.90 Å². The van der Waals surface area contributed by atoms with Crippen molar-refractivity contribution in [3.05, 3.63) is 63.1 Å². The summed E-state index contributed by atoms with van der Waals surface area (Å²) in [6.07, 6.45) is 4.65. The van der Waals surface area contributed by atoms with E-state index in [1.807, 2.05) is 24.0 Å². The number of hydrogen-bond acceptors (Lipinski definition) is 3. The van der Waals surface area contributed by atoms with E-state index < -0.39 is 0 Å². The van der Waals surface area contributed by atoms with Crippen LogP contribution in [0.15, 0.2) is 35.1 Å². The molecule has 1 aromatic heterocycles. The van der Waals surface area contributed by atoms with E-state index in [4.69, 9.17) is 0 Å². The molecule has 1 aliphatic heterocycles. The Balaban J connectivity index is 1.78. The molecule has 1 aliphatic rings. The molecule has 2 aromatic rings. The predicted octanol–water partition coefficient (Wildman–Crippen LogP) is 3.32. The Morgan fingerprint density at radius 1 is 1.27 bits per heavy atom. The summed E-state index contributed by atoms with van der Waals surface area (Å²) in [7, 11) is 0. The van der Waals surface area contributed by atoms with Gasteiger partial charge in [0.25, 0.3) is 5.91 Å². The number of likely N-dealkylation sites (tertiary alicyclic amines) is 1. The van der Waals surface area contributed by atoms with Crippen LogP contribution in [0.5, 0.6) is 5.75 Å². The van der Waals surface area contributed by atoms with Gasteiger partial charge in [0.2, 0.25) is 0 Å². The number of aromatic amines is 1. The molecule has 5 nitrogen and oxygen atoms in total. The number of phenolic OH excluding ortho intramolecular Hbond substituents is 1. The number of H-pyrrole nitrogens is 1. The number of pyridine rings is 1. The number of nitrogens with one attached hydrogen (secondary N) is 1. The van der Waals surface area contributed by atoms with Crippen LogP contribution in [-0.2, 0) is 6.42 Å². The van der Waals surface area contributed by atoms with Crippen LogP contribution in [0.4, 0.5) is 0 Å². The van der Waals surface area contributed by atoms with Crippen molar-refractivity contribution in [2.75, 3.05) is 6.54 Å². The number of carbonyl (C=O) groups excluding carboxylic acids is 1. The lowest BCUT2D eigenvalue weighted by Gasteiger charge is -2.36. The maximum atomic E-state index is 13.1. The fourth-order valence-corrected chi connectivity index (χ4v) is 3.87. The highest BCUT2D eigenvalue weighted by atomic mass is 16.3. The highest BCUT2D eigenvalue weighted by Crippen LogP contribution is 2.24. The molecule has 1 aromatic carbocycles. The second-order valence-corrected chi connectivity index (χ2v) is 7.17. The highest BCUT2D eigenvalue weighted by molar-refractivity contribution is 5.95. The summed E-state index contributed by atoms with van der Waals surface area (Å²) in [5.41, 5.74) is 2.52. The Bertz CT molecular complexity index is 857. The zero-order valence-corrected chi connectivity index (χ0v) is 15.4. The second-order valence-electron chi connectivity index (χ2n) is 7.17. The highest BCUT2D eigenvalue weighted by Gasteiger charge is 2.29. The Morgan fingerprint density at radius 3 is 2.81 bits per heavy atom. The number of aromatic hydroxyl groups is 1. The van der Waals surface area contributed by atoms with Crippen LogP contribution in [-0.4, -0.2) is 33.5 Å². The van der Waals surface area contributed by atoms with Crippen LogP contribution in [0.3, 0.4) is 0 Å². The van der Waals surface area contributed by atoms with Crippen LogP contribution in [0.25, 0.3) is 0 Å². The lowest BCUT2D eigenvalue weighted by Crippen LogP contribution is -2.45. The number of aromatic nitrogens is 1. The molecule has 0 bridgehead atoms. The zero-order chi connectivity index (χ0) is 18.7. The van der Waals surface area contributed by atoms with Crippen molar-refractivity contribution in [3.63, 3.8) is 0 Å². The average molecular weight is 354 g/mol. The molecule has 2 heterocycles. The van der Waals surface area contributed by atoms with Gasteiger partial charge in [-0.2, -0.15) is 0 Å². The first-order valence-electron chi connectivity index (χ1n) is 9.25. The van der Waals surface area contributed by atoms with Gasteiger partial charge in [-0.05, 0) is 63.6 Å². The Hall–Kier alpha value is -2.56. The van der Waals surface area contributed by atoms with E-state index in [0.29, 0.717) is 12.2 Å². The third-order valence-electron chi connectivity index (χ3n) is 5.13. The fraction of sp³-hybridized carbons (Fsp3) is 0.429. The van der Waals surface area contributed by atoms with E-state index in [9.17, 15) is 14.7 Å². The molecule has 5 heteroatoms. The lowest BCUT2D eigenvalue weighted by atomic mass is 9.94. The third kappa shape index (κ3) is 3.98. The summed E-state index contributed by atoms with van der Waals surface area (Å²) < 4.78 is 0. The number of amides is 1. The molecule has 0 spiro atoms. The van der Waals surface area contributed by atoms with Crippen molar-refractivity contribution in [1.82, 2.24) is 9.88 Å². The predicted molar refractivity (Wildman–Crippen MR) is 102 cm³/mol. The van der Waals surface area contributed by atoms with E-state index in [2.05, 4.69) is 4.98 Å². The first-order chi connectivity index (χ1) is 12.5. The van der Waals surface area contributed by atoms with Gasteiger partial charge in [-0.1, -0.05) is 12.1 Å².